The zero-order chi connectivity index (χ0) is 19.1. The molecule has 3 rings (SSSR count). The highest BCUT2D eigenvalue weighted by Crippen LogP contribution is 2.15. The maximum atomic E-state index is 12.7. The van der Waals surface area contributed by atoms with Gasteiger partial charge in [0.15, 0.2) is 0 Å². The molecule has 2 aromatic carbocycles. The summed E-state index contributed by atoms with van der Waals surface area (Å²) in [4.78, 5) is 29.1. The second-order valence-corrected chi connectivity index (χ2v) is 5.66. The molecule has 0 aliphatic rings. The Kier molecular flexibility index (Phi) is 5.59. The standard InChI is InChI=1S/C21H17N3O3/c25-18-8-6-17(7-9-18)23-21(27)19(14-15-10-12-22-13-11-15)24-20(26)16-4-2-1-3-5-16/h1-14,25H,(H,23,27)(H,24,26)/b19-14-. The minimum absolute atomic E-state index is 0.0862. The van der Waals surface area contributed by atoms with Gasteiger partial charge in [-0.1, -0.05) is 18.2 Å². The summed E-state index contributed by atoms with van der Waals surface area (Å²) in [6.45, 7) is 0. The minimum atomic E-state index is -0.484. The van der Waals surface area contributed by atoms with E-state index in [-0.39, 0.29) is 11.4 Å². The molecule has 0 atom stereocenters. The molecular weight excluding hydrogens is 342 g/mol. The molecule has 134 valence electrons. The van der Waals surface area contributed by atoms with Gasteiger partial charge in [0, 0.05) is 23.6 Å². The molecule has 2 amide bonds. The van der Waals surface area contributed by atoms with Crippen molar-refractivity contribution in [2.75, 3.05) is 5.32 Å². The first-order chi connectivity index (χ1) is 13.1. The van der Waals surface area contributed by atoms with Gasteiger partial charge in [-0.3, -0.25) is 14.6 Å². The summed E-state index contributed by atoms with van der Waals surface area (Å²) in [5.41, 5.74) is 1.74. The summed E-state index contributed by atoms with van der Waals surface area (Å²) in [6, 6.07) is 18.1. The highest BCUT2D eigenvalue weighted by molar-refractivity contribution is 6.10. The molecule has 1 heterocycles. The fourth-order valence-corrected chi connectivity index (χ4v) is 2.31. The summed E-state index contributed by atoms with van der Waals surface area (Å²) >= 11 is 0. The van der Waals surface area contributed by atoms with Crippen LogP contribution in [0.15, 0.2) is 84.8 Å². The Bertz CT molecular complexity index is 953. The van der Waals surface area contributed by atoms with Crippen LogP contribution in [0.2, 0.25) is 0 Å². The number of nitrogens with one attached hydrogen (secondary N) is 2. The third-order valence-electron chi connectivity index (χ3n) is 3.67. The van der Waals surface area contributed by atoms with E-state index in [2.05, 4.69) is 15.6 Å². The number of rotatable bonds is 5. The van der Waals surface area contributed by atoms with Crippen LogP contribution in [0, 0.1) is 0 Å². The number of hydrogen-bond donors (Lipinski definition) is 3. The molecule has 3 N–H and O–H groups in total. The highest BCUT2D eigenvalue weighted by Gasteiger charge is 2.15. The predicted octanol–water partition coefficient (Wildman–Crippen LogP) is 3.20. The first-order valence-corrected chi connectivity index (χ1v) is 8.20. The summed E-state index contributed by atoms with van der Waals surface area (Å²) in [7, 11) is 0. The van der Waals surface area contributed by atoms with E-state index in [1.807, 2.05) is 6.07 Å². The molecule has 0 saturated heterocycles. The smallest absolute Gasteiger partial charge is 0.272 e. The van der Waals surface area contributed by atoms with Crippen molar-refractivity contribution in [3.8, 4) is 5.75 Å². The summed E-state index contributed by atoms with van der Waals surface area (Å²) < 4.78 is 0. The third-order valence-corrected chi connectivity index (χ3v) is 3.67. The zero-order valence-corrected chi connectivity index (χ0v) is 14.3. The van der Waals surface area contributed by atoms with E-state index in [0.29, 0.717) is 16.8 Å². The monoisotopic (exact) mass is 359 g/mol. The second-order valence-electron chi connectivity index (χ2n) is 5.66. The molecule has 0 aliphatic carbocycles. The number of aromatic hydroxyl groups is 1. The van der Waals surface area contributed by atoms with Gasteiger partial charge in [0.2, 0.25) is 0 Å². The zero-order valence-electron chi connectivity index (χ0n) is 14.3. The number of carbonyl (C=O) groups is 2. The number of pyridine rings is 1. The lowest BCUT2D eigenvalue weighted by Gasteiger charge is -2.11. The van der Waals surface area contributed by atoms with E-state index in [1.165, 1.54) is 12.1 Å². The van der Waals surface area contributed by atoms with Crippen LogP contribution < -0.4 is 10.6 Å². The third kappa shape index (κ3) is 5.02. The minimum Gasteiger partial charge on any atom is -0.508 e. The van der Waals surface area contributed by atoms with Gasteiger partial charge in [0.05, 0.1) is 0 Å². The van der Waals surface area contributed by atoms with Gasteiger partial charge in [-0.05, 0) is 60.2 Å². The van der Waals surface area contributed by atoms with Crippen molar-refractivity contribution < 1.29 is 14.7 Å². The average molecular weight is 359 g/mol. The van der Waals surface area contributed by atoms with Crippen molar-refractivity contribution in [2.24, 2.45) is 0 Å². The SMILES string of the molecule is O=C(Nc1ccc(O)cc1)/C(=C/c1ccncc1)NC(=O)c1ccccc1. The maximum absolute atomic E-state index is 12.7. The Hall–Kier alpha value is -3.93. The van der Waals surface area contributed by atoms with Crippen molar-refractivity contribution in [3.05, 3.63) is 95.9 Å². The van der Waals surface area contributed by atoms with Crippen LogP contribution in [0.25, 0.3) is 6.08 Å². The van der Waals surface area contributed by atoms with Crippen LogP contribution >= 0.6 is 0 Å². The summed E-state index contributed by atoms with van der Waals surface area (Å²) in [5, 5.41) is 14.7. The lowest BCUT2D eigenvalue weighted by atomic mass is 10.2. The number of amides is 2. The number of carbonyl (C=O) groups excluding carboxylic acids is 2. The molecular formula is C21H17N3O3. The number of phenols is 1. The molecule has 0 bridgehead atoms. The number of phenolic OH excluding ortho intramolecular Hbond substituents is 1. The van der Waals surface area contributed by atoms with Gasteiger partial charge in [0.25, 0.3) is 11.8 Å². The van der Waals surface area contributed by atoms with Crippen LogP contribution in [-0.2, 0) is 4.79 Å². The Morgan fingerprint density at radius 3 is 2.22 bits per heavy atom. The first kappa shape index (κ1) is 17.9. The molecule has 0 saturated carbocycles. The van der Waals surface area contributed by atoms with Gasteiger partial charge in [0.1, 0.15) is 11.4 Å². The molecule has 0 aliphatic heterocycles. The van der Waals surface area contributed by atoms with E-state index >= 15 is 0 Å². The number of nitrogens with zero attached hydrogens (tertiary/aromatic N) is 1. The normalized spacial score (nSPS) is 10.9. The van der Waals surface area contributed by atoms with E-state index in [0.717, 1.165) is 0 Å². The average Bonchev–Trinajstić information content (AvgIpc) is 2.70. The van der Waals surface area contributed by atoms with Crippen LogP contribution in [0.4, 0.5) is 5.69 Å². The Labute approximate surface area is 156 Å². The van der Waals surface area contributed by atoms with Gasteiger partial charge in [-0.15, -0.1) is 0 Å². The van der Waals surface area contributed by atoms with Crippen molar-refractivity contribution in [1.82, 2.24) is 10.3 Å². The quantitative estimate of drug-likeness (QED) is 0.482. The van der Waals surface area contributed by atoms with Gasteiger partial charge >= 0.3 is 0 Å². The van der Waals surface area contributed by atoms with E-state index in [4.69, 9.17) is 0 Å². The first-order valence-electron chi connectivity index (χ1n) is 8.20. The van der Waals surface area contributed by atoms with Gasteiger partial charge in [-0.2, -0.15) is 0 Å². The molecule has 6 nitrogen and oxygen atoms in total. The Balaban J connectivity index is 1.85. The lowest BCUT2D eigenvalue weighted by molar-refractivity contribution is -0.113. The maximum Gasteiger partial charge on any atom is 0.272 e. The van der Waals surface area contributed by atoms with Gasteiger partial charge in [-0.25, -0.2) is 0 Å². The van der Waals surface area contributed by atoms with Crippen molar-refractivity contribution in [1.29, 1.82) is 0 Å². The topological polar surface area (TPSA) is 91.3 Å². The molecule has 0 spiro atoms. The number of benzene rings is 2. The number of hydrogen-bond acceptors (Lipinski definition) is 4. The molecule has 1 aromatic heterocycles. The lowest BCUT2D eigenvalue weighted by Crippen LogP contribution is -2.30. The number of aromatic nitrogens is 1. The van der Waals surface area contributed by atoms with Crippen LogP contribution in [0.5, 0.6) is 5.75 Å². The molecule has 27 heavy (non-hydrogen) atoms. The van der Waals surface area contributed by atoms with Gasteiger partial charge < -0.3 is 15.7 Å². The van der Waals surface area contributed by atoms with E-state index in [1.54, 1.807) is 67.0 Å². The van der Waals surface area contributed by atoms with Crippen LogP contribution in [-0.4, -0.2) is 21.9 Å². The highest BCUT2D eigenvalue weighted by atomic mass is 16.3. The predicted molar refractivity (Wildman–Crippen MR) is 103 cm³/mol. The fourth-order valence-electron chi connectivity index (χ4n) is 2.31. The second kappa shape index (κ2) is 8.44. The Morgan fingerprint density at radius 2 is 1.56 bits per heavy atom. The largest absolute Gasteiger partial charge is 0.508 e. The molecule has 3 aromatic rings. The summed E-state index contributed by atoms with van der Waals surface area (Å²) in [5.74, 6) is -0.781. The summed E-state index contributed by atoms with van der Waals surface area (Å²) in [6.07, 6.45) is 4.76. The van der Waals surface area contributed by atoms with Crippen LogP contribution in [0.3, 0.4) is 0 Å². The molecule has 0 fully saturated rings. The Morgan fingerprint density at radius 1 is 0.889 bits per heavy atom. The van der Waals surface area contributed by atoms with Crippen molar-refractivity contribution >= 4 is 23.6 Å². The fraction of sp³-hybridized carbons (Fsp3) is 0. The van der Waals surface area contributed by atoms with Crippen molar-refractivity contribution in [3.63, 3.8) is 0 Å². The van der Waals surface area contributed by atoms with Crippen LogP contribution in [0.1, 0.15) is 15.9 Å². The molecule has 0 unspecified atom stereocenters. The van der Waals surface area contributed by atoms with Crippen molar-refractivity contribution in [2.45, 2.75) is 0 Å². The number of anilines is 1. The van der Waals surface area contributed by atoms with E-state index < -0.39 is 11.8 Å². The van der Waals surface area contributed by atoms with E-state index in [9.17, 15) is 14.7 Å². The molecule has 6 heteroatoms. The molecule has 0 radical (unpaired) electrons.